The van der Waals surface area contributed by atoms with Gasteiger partial charge >= 0.3 is 0 Å². The highest BCUT2D eigenvalue weighted by atomic mass is 14.9. The van der Waals surface area contributed by atoms with Crippen LogP contribution in [0.4, 0.5) is 5.82 Å². The molecular weight excluding hydrogens is 174 g/mol. The number of hydrogen-bond acceptors (Lipinski definition) is 3. The fourth-order valence-electron chi connectivity index (χ4n) is 1.24. The van der Waals surface area contributed by atoms with Gasteiger partial charge in [0.2, 0.25) is 0 Å². The maximum Gasteiger partial charge on any atom is 0.131 e. The van der Waals surface area contributed by atoms with Crippen LogP contribution >= 0.6 is 0 Å². The van der Waals surface area contributed by atoms with Crippen LogP contribution in [-0.4, -0.2) is 9.97 Å². The number of nitrogens with zero attached hydrogens (tertiary/aromatic N) is 2. The van der Waals surface area contributed by atoms with Crippen LogP contribution < -0.4 is 5.73 Å². The summed E-state index contributed by atoms with van der Waals surface area (Å²) in [6, 6.07) is 0. The lowest BCUT2D eigenvalue weighted by atomic mass is 10.1. The first-order valence-corrected chi connectivity index (χ1v) is 5.10. The maximum atomic E-state index is 5.78. The first-order chi connectivity index (χ1) is 6.50. The average molecular weight is 193 g/mol. The summed E-state index contributed by atoms with van der Waals surface area (Å²) in [5.74, 6) is 2.18. The first-order valence-electron chi connectivity index (χ1n) is 5.10. The molecule has 0 aromatic carbocycles. The molecule has 1 heterocycles. The van der Waals surface area contributed by atoms with Gasteiger partial charge in [0.05, 0.1) is 0 Å². The Hall–Kier alpha value is -1.12. The quantitative estimate of drug-likeness (QED) is 0.801. The minimum atomic E-state index is 0.622. The van der Waals surface area contributed by atoms with E-state index in [2.05, 4.69) is 23.8 Å². The lowest BCUT2D eigenvalue weighted by Crippen LogP contribution is -2.06. The smallest absolute Gasteiger partial charge is 0.131 e. The standard InChI is InChI=1S/C11H19N3/c1-7(2)5-6-10-13-9(4)8(3)11(12)14-10/h7H,5-6H2,1-4H3,(H2,12,13,14). The molecule has 0 bridgehead atoms. The molecule has 0 fully saturated rings. The number of hydrogen-bond donors (Lipinski definition) is 1. The second kappa shape index (κ2) is 4.40. The zero-order chi connectivity index (χ0) is 10.7. The Kier molecular flexibility index (Phi) is 3.44. The number of anilines is 1. The lowest BCUT2D eigenvalue weighted by Gasteiger charge is -2.07. The molecule has 78 valence electrons. The second-order valence-corrected chi connectivity index (χ2v) is 4.17. The zero-order valence-electron chi connectivity index (χ0n) is 9.46. The van der Waals surface area contributed by atoms with Crippen molar-refractivity contribution in [1.82, 2.24) is 9.97 Å². The normalized spacial score (nSPS) is 10.9. The Labute approximate surface area is 85.8 Å². The van der Waals surface area contributed by atoms with Crippen molar-refractivity contribution in [2.75, 3.05) is 5.73 Å². The highest BCUT2D eigenvalue weighted by molar-refractivity contribution is 5.40. The second-order valence-electron chi connectivity index (χ2n) is 4.17. The molecule has 0 saturated heterocycles. The highest BCUT2D eigenvalue weighted by Gasteiger charge is 2.05. The van der Waals surface area contributed by atoms with Crippen molar-refractivity contribution in [2.45, 2.75) is 40.5 Å². The number of rotatable bonds is 3. The molecule has 2 N–H and O–H groups in total. The van der Waals surface area contributed by atoms with Gasteiger partial charge < -0.3 is 5.73 Å². The molecule has 0 unspecified atom stereocenters. The van der Waals surface area contributed by atoms with Gasteiger partial charge in [0.1, 0.15) is 11.6 Å². The van der Waals surface area contributed by atoms with E-state index in [1.54, 1.807) is 0 Å². The summed E-state index contributed by atoms with van der Waals surface area (Å²) in [6.07, 6.45) is 2.03. The number of nitrogen functional groups attached to an aromatic ring is 1. The maximum absolute atomic E-state index is 5.78. The summed E-state index contributed by atoms with van der Waals surface area (Å²) in [6.45, 7) is 8.33. The molecule has 0 aliphatic carbocycles. The number of aryl methyl sites for hydroxylation is 2. The molecule has 14 heavy (non-hydrogen) atoms. The summed E-state index contributed by atoms with van der Waals surface area (Å²) in [7, 11) is 0. The summed E-state index contributed by atoms with van der Waals surface area (Å²) < 4.78 is 0. The predicted octanol–water partition coefficient (Wildman–Crippen LogP) is 2.26. The van der Waals surface area contributed by atoms with Crippen LogP contribution in [-0.2, 0) is 6.42 Å². The van der Waals surface area contributed by atoms with E-state index in [0.29, 0.717) is 11.7 Å². The fraction of sp³-hybridized carbons (Fsp3) is 0.636. The topological polar surface area (TPSA) is 51.8 Å². The average Bonchev–Trinajstić information content (AvgIpc) is 2.10. The van der Waals surface area contributed by atoms with Gasteiger partial charge in [-0.15, -0.1) is 0 Å². The van der Waals surface area contributed by atoms with E-state index < -0.39 is 0 Å². The molecule has 3 nitrogen and oxygen atoms in total. The van der Waals surface area contributed by atoms with Crippen LogP contribution in [0.3, 0.4) is 0 Å². The van der Waals surface area contributed by atoms with Crippen molar-refractivity contribution in [1.29, 1.82) is 0 Å². The minimum absolute atomic E-state index is 0.622. The third kappa shape index (κ3) is 2.69. The van der Waals surface area contributed by atoms with Crippen LogP contribution in [0.2, 0.25) is 0 Å². The van der Waals surface area contributed by atoms with Gasteiger partial charge in [0, 0.05) is 17.7 Å². The molecule has 0 amide bonds. The van der Waals surface area contributed by atoms with Crippen LogP contribution in [0.15, 0.2) is 0 Å². The van der Waals surface area contributed by atoms with Crippen molar-refractivity contribution in [3.63, 3.8) is 0 Å². The summed E-state index contributed by atoms with van der Waals surface area (Å²) in [4.78, 5) is 8.69. The predicted molar refractivity (Wildman–Crippen MR) is 59.1 cm³/mol. The molecule has 1 aromatic heterocycles. The van der Waals surface area contributed by atoms with Crippen molar-refractivity contribution in [3.05, 3.63) is 17.1 Å². The molecule has 0 radical (unpaired) electrons. The Morgan fingerprint density at radius 2 is 1.86 bits per heavy atom. The van der Waals surface area contributed by atoms with E-state index in [4.69, 9.17) is 5.73 Å². The highest BCUT2D eigenvalue weighted by Crippen LogP contribution is 2.13. The Morgan fingerprint density at radius 3 is 2.36 bits per heavy atom. The largest absolute Gasteiger partial charge is 0.383 e. The summed E-state index contributed by atoms with van der Waals surface area (Å²) in [5, 5.41) is 0. The Bertz CT molecular complexity index is 295. The minimum Gasteiger partial charge on any atom is -0.383 e. The van der Waals surface area contributed by atoms with Crippen molar-refractivity contribution in [3.8, 4) is 0 Å². The third-order valence-electron chi connectivity index (χ3n) is 2.42. The molecule has 0 aliphatic heterocycles. The molecule has 0 aliphatic rings. The van der Waals surface area contributed by atoms with Gasteiger partial charge in [-0.3, -0.25) is 0 Å². The van der Waals surface area contributed by atoms with Crippen LogP contribution in [0.25, 0.3) is 0 Å². The van der Waals surface area contributed by atoms with Gasteiger partial charge in [-0.1, -0.05) is 13.8 Å². The van der Waals surface area contributed by atoms with E-state index in [1.165, 1.54) is 0 Å². The van der Waals surface area contributed by atoms with Crippen molar-refractivity contribution < 1.29 is 0 Å². The number of aromatic nitrogens is 2. The number of nitrogens with two attached hydrogens (primary N) is 1. The fourth-order valence-corrected chi connectivity index (χ4v) is 1.24. The van der Waals surface area contributed by atoms with Gasteiger partial charge in [0.25, 0.3) is 0 Å². The molecule has 1 rings (SSSR count). The molecule has 0 spiro atoms. The zero-order valence-corrected chi connectivity index (χ0v) is 9.46. The van der Waals surface area contributed by atoms with E-state index >= 15 is 0 Å². The van der Waals surface area contributed by atoms with Crippen LogP contribution in [0.5, 0.6) is 0 Å². The van der Waals surface area contributed by atoms with Gasteiger partial charge in [0.15, 0.2) is 0 Å². The SMILES string of the molecule is Cc1nc(CCC(C)C)nc(N)c1C. The van der Waals surface area contributed by atoms with Gasteiger partial charge in [-0.2, -0.15) is 0 Å². The van der Waals surface area contributed by atoms with E-state index in [9.17, 15) is 0 Å². The summed E-state index contributed by atoms with van der Waals surface area (Å²) in [5.41, 5.74) is 7.77. The van der Waals surface area contributed by atoms with Crippen LogP contribution in [0, 0.1) is 19.8 Å². The monoisotopic (exact) mass is 193 g/mol. The van der Waals surface area contributed by atoms with Gasteiger partial charge in [-0.25, -0.2) is 9.97 Å². The molecule has 0 saturated carbocycles. The lowest BCUT2D eigenvalue weighted by molar-refractivity contribution is 0.574. The van der Waals surface area contributed by atoms with Crippen LogP contribution in [0.1, 0.15) is 37.4 Å². The summed E-state index contributed by atoms with van der Waals surface area (Å²) >= 11 is 0. The van der Waals surface area contributed by atoms with Crippen molar-refractivity contribution in [2.24, 2.45) is 5.92 Å². The van der Waals surface area contributed by atoms with Crippen molar-refractivity contribution >= 4 is 5.82 Å². The Balaban J connectivity index is 2.79. The van der Waals surface area contributed by atoms with E-state index in [-0.39, 0.29) is 0 Å². The van der Waals surface area contributed by atoms with E-state index in [0.717, 1.165) is 29.9 Å². The molecule has 1 aromatic rings. The molecule has 3 heteroatoms. The molecule has 0 atom stereocenters. The Morgan fingerprint density at radius 1 is 1.21 bits per heavy atom. The van der Waals surface area contributed by atoms with Gasteiger partial charge in [-0.05, 0) is 26.2 Å². The van der Waals surface area contributed by atoms with E-state index in [1.807, 2.05) is 13.8 Å². The molecular formula is C11H19N3. The third-order valence-corrected chi connectivity index (χ3v) is 2.42. The first kappa shape index (κ1) is 11.0.